The molecule has 25 heavy (non-hydrogen) atoms. The van der Waals surface area contributed by atoms with Gasteiger partial charge in [-0.3, -0.25) is 0 Å². The van der Waals surface area contributed by atoms with Gasteiger partial charge in [-0.2, -0.15) is 0 Å². The van der Waals surface area contributed by atoms with E-state index in [0.717, 1.165) is 51.4 Å². The molecule has 0 saturated carbocycles. The molecule has 1 spiro atoms. The second kappa shape index (κ2) is 1.19. The summed E-state index contributed by atoms with van der Waals surface area (Å²) in [7, 11) is 0. The van der Waals surface area contributed by atoms with Gasteiger partial charge in [-0.25, -0.2) is 0 Å². The first-order valence-electron chi connectivity index (χ1n) is 10.2. The number of fused-ring (bicyclic) bond motifs is 10. The Morgan fingerprint density at radius 1 is 0.880 bits per heavy atom. The van der Waals surface area contributed by atoms with E-state index in [4.69, 9.17) is 0 Å². The second-order valence-corrected chi connectivity index (χ2v) is 36.2. The minimum atomic E-state index is -3.87. The Hall–Kier alpha value is -0.921. The Balaban J connectivity index is 1.22. The fourth-order valence-electron chi connectivity index (χ4n) is 19.4. The zero-order valence-electron chi connectivity index (χ0n) is 14.3. The topological polar surface area (TPSA) is 34.1 Å². The van der Waals surface area contributed by atoms with Crippen LogP contribution in [0.4, 0.5) is 0 Å². The van der Waals surface area contributed by atoms with E-state index in [1.54, 1.807) is 0 Å². The first kappa shape index (κ1) is 11.0. The van der Waals surface area contributed by atoms with E-state index in [1.165, 1.54) is 5.56 Å². The Kier molecular flexibility index (Phi) is 0.527. The summed E-state index contributed by atoms with van der Waals surface area (Å²) < 4.78 is 0.421. The summed E-state index contributed by atoms with van der Waals surface area (Å²) in [5, 5.41) is 0. The molecule has 8 unspecified atom stereocenters. The van der Waals surface area contributed by atoms with E-state index in [1.807, 2.05) is 6.07 Å². The van der Waals surface area contributed by atoms with Gasteiger partial charge in [0.25, 0.3) is 0 Å². The molecule has 3 heteroatoms. The molecule has 10 aliphatic rings. The zero-order valence-corrected chi connectivity index (χ0v) is 15.4. The van der Waals surface area contributed by atoms with Crippen LogP contribution in [0.1, 0.15) is 25.3 Å². The molecule has 0 bridgehead atoms. The fourth-order valence-corrected chi connectivity index (χ4v) is 95.4. The van der Waals surface area contributed by atoms with Crippen LogP contribution in [0, 0.1) is 0 Å². The Morgan fingerprint density at radius 3 is 1.88 bits per heavy atom. The van der Waals surface area contributed by atoms with Gasteiger partial charge in [0.1, 0.15) is 0 Å². The molecule has 0 amide bonds. The van der Waals surface area contributed by atoms with Crippen molar-refractivity contribution < 1.29 is 16.1 Å². The molecule has 0 aliphatic carbocycles. The predicted molar refractivity (Wildman–Crippen MR) is 90.5 cm³/mol. The van der Waals surface area contributed by atoms with Crippen LogP contribution in [-0.2, 0) is 22.5 Å². The average molecular weight is 374 g/mol. The van der Waals surface area contributed by atoms with Gasteiger partial charge in [0.05, 0.1) is 0 Å². The van der Waals surface area contributed by atoms with Crippen LogP contribution < -0.4 is 0 Å². The van der Waals surface area contributed by atoms with Crippen LogP contribution in [0.15, 0.2) is 30.3 Å². The number of hydrogen-bond acceptors (Lipinski definition) is 2. The Bertz CT molecular complexity index is 1420. The van der Waals surface area contributed by atoms with Crippen molar-refractivity contribution in [3.63, 3.8) is 0 Å². The number of carbonyl (C=O) groups excluding carboxylic acids is 2. The monoisotopic (exact) mass is 374 g/mol. The normalized spacial score (nSPS) is 87.4. The molecular weight excluding hydrogens is 352 g/mol. The van der Waals surface area contributed by atoms with Crippen molar-refractivity contribution in [2.75, 3.05) is 0 Å². The fraction of sp³-hybridized carbons (Fsp3) is 0.636. The first-order chi connectivity index (χ1) is 11.9. The molecule has 0 N–H and O–H groups in total. The summed E-state index contributed by atoms with van der Waals surface area (Å²) in [5.41, 5.74) is 1.21. The van der Waals surface area contributed by atoms with E-state index in [2.05, 4.69) is 31.2 Å². The van der Waals surface area contributed by atoms with Crippen molar-refractivity contribution in [2.24, 2.45) is 0 Å². The molecule has 1 aromatic rings. The van der Waals surface area contributed by atoms with Crippen molar-refractivity contribution in [1.29, 1.82) is 0 Å². The van der Waals surface area contributed by atoms with Crippen LogP contribution in [0.25, 0.3) is 0 Å². The van der Waals surface area contributed by atoms with Gasteiger partial charge < -0.3 is 0 Å². The molecule has 10 saturated heterocycles. The second-order valence-electron chi connectivity index (χ2n) is 13.0. The van der Waals surface area contributed by atoms with Gasteiger partial charge >= 0.3 is 137 Å². The molecule has 0 radical (unpaired) electrons. The van der Waals surface area contributed by atoms with E-state index >= 15 is 0 Å². The van der Waals surface area contributed by atoms with Crippen LogP contribution in [0.3, 0.4) is 0 Å². The molecule has 11 rings (SSSR count). The standard InChI is InChI=1S/C13H11O.C9H11O.Fe/c14-13(12-8-4-5-9-12)10-11-6-2-1-3-7-11;1-2-5-9(10)8-6-3-4-7-8;/h1-9H,10H2;3-4,6-7H,2,5H2,1H3;. The third-order valence-electron chi connectivity index (χ3n) is 17.3. The van der Waals surface area contributed by atoms with Gasteiger partial charge in [-0.1, -0.05) is 0 Å². The van der Waals surface area contributed by atoms with Crippen molar-refractivity contribution >= 4 is 11.6 Å². The van der Waals surface area contributed by atoms with Gasteiger partial charge in [-0.15, -0.1) is 0 Å². The maximum atomic E-state index is 13.8. The summed E-state index contributed by atoms with van der Waals surface area (Å²) in [6.07, 6.45) is 2.49. The number of hydrogen-bond donors (Lipinski definition) is 0. The number of carbonyl (C=O) groups is 2. The summed E-state index contributed by atoms with van der Waals surface area (Å²) in [5.74, 6) is 1.32. The van der Waals surface area contributed by atoms with Gasteiger partial charge in [0, 0.05) is 0 Å². The van der Waals surface area contributed by atoms with Crippen molar-refractivity contribution in [3.05, 3.63) is 35.9 Å². The summed E-state index contributed by atoms with van der Waals surface area (Å²) >= 11 is 0. The van der Waals surface area contributed by atoms with E-state index in [-0.39, 0.29) is 8.63 Å². The van der Waals surface area contributed by atoms with Gasteiger partial charge in [0.2, 0.25) is 0 Å². The SMILES string of the molecule is CCCC(=O)[C]12[CH]3[CH]4[CH]5[CH]1[Fe]45321678[CH]2[CH]1[CH]6[C]7(C(=O)Cc1ccccc1)[CH]28. The minimum absolute atomic E-state index is 0.188. The van der Waals surface area contributed by atoms with Crippen molar-refractivity contribution in [1.82, 2.24) is 0 Å². The van der Waals surface area contributed by atoms with Crippen LogP contribution >= 0.6 is 0 Å². The van der Waals surface area contributed by atoms with Gasteiger partial charge in [-0.05, 0) is 0 Å². The maximum absolute atomic E-state index is 13.8. The van der Waals surface area contributed by atoms with Crippen LogP contribution in [-0.4, -0.2) is 11.6 Å². The molecule has 1 aromatic carbocycles. The quantitative estimate of drug-likeness (QED) is 0.634. The predicted octanol–water partition coefficient (Wildman–Crippen LogP) is 5.30. The summed E-state index contributed by atoms with van der Waals surface area (Å²) in [6.45, 7) is -1.71. The van der Waals surface area contributed by atoms with Gasteiger partial charge in [0.15, 0.2) is 0 Å². The third kappa shape index (κ3) is 0.161. The molecule has 130 valence electrons. The van der Waals surface area contributed by atoms with E-state index < -0.39 is 6.51 Å². The number of rotatable bonds is 6. The van der Waals surface area contributed by atoms with E-state index in [9.17, 15) is 9.59 Å². The molecule has 10 heterocycles. The molecule has 0 aromatic heterocycles. The zero-order chi connectivity index (χ0) is 16.3. The summed E-state index contributed by atoms with van der Waals surface area (Å²) in [4.78, 5) is 34.8. The van der Waals surface area contributed by atoms with Crippen LogP contribution in [0.5, 0.6) is 0 Å². The molecular formula is C22H22FeO2. The Labute approximate surface area is 137 Å². The molecule has 10 fully saturated rings. The first-order valence-corrected chi connectivity index (χ1v) is 16.4. The van der Waals surface area contributed by atoms with E-state index in [0.29, 0.717) is 18.0 Å². The number of benzene rings is 1. The van der Waals surface area contributed by atoms with Crippen LogP contribution in [0.2, 0.25) is 47.2 Å². The Morgan fingerprint density at radius 2 is 1.40 bits per heavy atom. The molecule has 2 nitrogen and oxygen atoms in total. The molecule has 10 aliphatic heterocycles. The van der Waals surface area contributed by atoms with Crippen molar-refractivity contribution in [3.8, 4) is 0 Å². The summed E-state index contributed by atoms with van der Waals surface area (Å²) in [6, 6.07) is 10.4. The van der Waals surface area contributed by atoms with Crippen molar-refractivity contribution in [2.45, 2.75) is 73.3 Å². The average Bonchev–Trinajstić information content (AvgIpc) is 3.55. The third-order valence-corrected chi connectivity index (χ3v) is 60.1. The number of ketones is 2. The number of Topliss-reactive ketones (excluding diaryl/α,β-unsaturated/α-hetero) is 2. The molecule has 8 atom stereocenters.